The molecule has 3 aromatic heterocycles. The van der Waals surface area contributed by atoms with Gasteiger partial charge < -0.3 is 20.9 Å². The quantitative estimate of drug-likeness (QED) is 0.363. The van der Waals surface area contributed by atoms with Gasteiger partial charge in [0.25, 0.3) is 5.91 Å². The highest BCUT2D eigenvalue weighted by molar-refractivity contribution is 6.03. The van der Waals surface area contributed by atoms with Crippen LogP contribution >= 0.6 is 0 Å². The van der Waals surface area contributed by atoms with Crippen LogP contribution in [0.2, 0.25) is 0 Å². The molecule has 0 spiro atoms. The number of rotatable bonds is 10. The normalized spacial score (nSPS) is 19.2. The Morgan fingerprint density at radius 3 is 2.42 bits per heavy atom. The van der Waals surface area contributed by atoms with E-state index < -0.39 is 11.7 Å². The fraction of sp³-hybridized carbons (Fsp3) is 0.519. The number of pyridine rings is 1. The van der Waals surface area contributed by atoms with E-state index in [1.165, 1.54) is 23.0 Å². The SMILES string of the molecule is CCN(CC)C(=O)CC1CCC(Nc2cc(NC3CC3)c3ncc(C(=O)Nc4ccncc4F)n3n2)CC1. The van der Waals surface area contributed by atoms with E-state index in [1.807, 2.05) is 24.8 Å². The van der Waals surface area contributed by atoms with Gasteiger partial charge in [-0.1, -0.05) is 0 Å². The third-order valence-corrected chi connectivity index (χ3v) is 7.44. The van der Waals surface area contributed by atoms with Crippen molar-refractivity contribution >= 4 is 34.7 Å². The molecule has 3 N–H and O–H groups in total. The molecule has 2 fully saturated rings. The highest BCUT2D eigenvalue weighted by atomic mass is 19.1. The third kappa shape index (κ3) is 5.87. The molecule has 11 heteroatoms. The summed E-state index contributed by atoms with van der Waals surface area (Å²) in [6, 6.07) is 3.96. The first-order chi connectivity index (χ1) is 18.4. The second-order valence-corrected chi connectivity index (χ2v) is 10.2. The van der Waals surface area contributed by atoms with Crippen LogP contribution in [0, 0.1) is 11.7 Å². The van der Waals surface area contributed by atoms with E-state index >= 15 is 0 Å². The number of fused-ring (bicyclic) bond motifs is 1. The zero-order valence-corrected chi connectivity index (χ0v) is 21.9. The van der Waals surface area contributed by atoms with E-state index in [0.29, 0.717) is 29.8 Å². The number of aromatic nitrogens is 4. The standard InChI is InChI=1S/C27H35FN8O2/c1-3-35(4-2)25(37)13-17-5-7-19(8-6-17)32-24-14-22(31-18-9-10-18)26-30-16-23(36(26)34-24)27(38)33-21-11-12-29-15-20(21)28/h11-12,14-19,31H,3-10,13H2,1-2H3,(H,32,34)(H,29,33,38). The molecule has 2 aliphatic rings. The summed E-state index contributed by atoms with van der Waals surface area (Å²) in [6.07, 6.45) is 10.6. The van der Waals surface area contributed by atoms with Crippen molar-refractivity contribution in [1.29, 1.82) is 0 Å². The molecule has 5 rings (SSSR count). The van der Waals surface area contributed by atoms with Crippen LogP contribution in [0.3, 0.4) is 0 Å². The number of carbonyl (C=O) groups excluding carboxylic acids is 2. The lowest BCUT2D eigenvalue weighted by Crippen LogP contribution is -2.34. The Hall–Kier alpha value is -3.76. The molecule has 0 unspecified atom stereocenters. The first-order valence-corrected chi connectivity index (χ1v) is 13.6. The molecule has 2 amide bonds. The third-order valence-electron chi connectivity index (χ3n) is 7.44. The molecule has 2 aliphatic carbocycles. The maximum atomic E-state index is 14.1. The largest absolute Gasteiger partial charge is 0.379 e. The van der Waals surface area contributed by atoms with Crippen LogP contribution in [0.4, 0.5) is 21.6 Å². The molecular formula is C27H35FN8O2. The predicted molar refractivity (Wildman–Crippen MR) is 144 cm³/mol. The fourth-order valence-electron chi connectivity index (χ4n) is 5.08. The van der Waals surface area contributed by atoms with Gasteiger partial charge in [-0.05, 0) is 64.4 Å². The maximum Gasteiger partial charge on any atom is 0.276 e. The second-order valence-electron chi connectivity index (χ2n) is 10.2. The van der Waals surface area contributed by atoms with Gasteiger partial charge >= 0.3 is 0 Å². The van der Waals surface area contributed by atoms with Crippen LogP contribution in [-0.2, 0) is 4.79 Å². The Bertz CT molecular complexity index is 1300. The van der Waals surface area contributed by atoms with E-state index in [4.69, 9.17) is 5.10 Å². The van der Waals surface area contributed by atoms with Gasteiger partial charge in [0.05, 0.1) is 23.8 Å². The molecule has 10 nitrogen and oxygen atoms in total. The lowest BCUT2D eigenvalue weighted by Gasteiger charge is -2.30. The molecule has 0 aromatic carbocycles. The van der Waals surface area contributed by atoms with Crippen LogP contribution in [0.1, 0.15) is 69.3 Å². The van der Waals surface area contributed by atoms with E-state index in [9.17, 15) is 14.0 Å². The maximum absolute atomic E-state index is 14.1. The van der Waals surface area contributed by atoms with Crippen molar-refractivity contribution < 1.29 is 14.0 Å². The first-order valence-electron chi connectivity index (χ1n) is 13.6. The number of nitrogens with zero attached hydrogens (tertiary/aromatic N) is 5. The average Bonchev–Trinajstić information content (AvgIpc) is 3.62. The Morgan fingerprint density at radius 2 is 1.74 bits per heavy atom. The van der Waals surface area contributed by atoms with E-state index in [1.54, 1.807) is 0 Å². The molecule has 0 aliphatic heterocycles. The summed E-state index contributed by atoms with van der Waals surface area (Å²) in [5.41, 5.74) is 1.60. The van der Waals surface area contributed by atoms with Gasteiger partial charge in [0.2, 0.25) is 5.91 Å². The first kappa shape index (κ1) is 25.9. The summed E-state index contributed by atoms with van der Waals surface area (Å²) in [6.45, 7) is 5.54. The Labute approximate surface area is 221 Å². The lowest BCUT2D eigenvalue weighted by molar-refractivity contribution is -0.132. The molecule has 2 saturated carbocycles. The van der Waals surface area contributed by atoms with E-state index in [0.717, 1.165) is 63.5 Å². The minimum atomic E-state index is -0.615. The number of nitrogens with one attached hydrogen (secondary N) is 3. The molecule has 0 radical (unpaired) electrons. The Kier molecular flexibility index (Phi) is 7.71. The lowest BCUT2D eigenvalue weighted by atomic mass is 9.84. The van der Waals surface area contributed by atoms with Gasteiger partial charge in [-0.3, -0.25) is 14.6 Å². The molecule has 3 heterocycles. The number of amides is 2. The van der Waals surface area contributed by atoms with E-state index in [2.05, 4.69) is 25.9 Å². The number of carbonyl (C=O) groups is 2. The summed E-state index contributed by atoms with van der Waals surface area (Å²) in [4.78, 5) is 35.6. The van der Waals surface area contributed by atoms with Crippen molar-refractivity contribution in [3.63, 3.8) is 0 Å². The summed E-state index contributed by atoms with van der Waals surface area (Å²) in [7, 11) is 0. The van der Waals surface area contributed by atoms with Gasteiger partial charge in [-0.15, -0.1) is 5.10 Å². The molecule has 3 aromatic rings. The van der Waals surface area contributed by atoms with Crippen molar-refractivity contribution in [2.45, 2.75) is 70.9 Å². The Morgan fingerprint density at radius 1 is 1.03 bits per heavy atom. The summed E-state index contributed by atoms with van der Waals surface area (Å²) in [5, 5.41) is 14.3. The smallest absolute Gasteiger partial charge is 0.276 e. The van der Waals surface area contributed by atoms with Gasteiger partial charge in [0, 0.05) is 43.9 Å². The van der Waals surface area contributed by atoms with Crippen molar-refractivity contribution in [3.05, 3.63) is 42.2 Å². The molecule has 0 bridgehead atoms. The van der Waals surface area contributed by atoms with Gasteiger partial charge in [-0.25, -0.2) is 13.9 Å². The molecular weight excluding hydrogens is 487 g/mol. The topological polar surface area (TPSA) is 117 Å². The van der Waals surface area contributed by atoms with Crippen LogP contribution in [0.5, 0.6) is 0 Å². The summed E-state index contributed by atoms with van der Waals surface area (Å²) < 4.78 is 15.6. The summed E-state index contributed by atoms with van der Waals surface area (Å²) >= 11 is 0. The average molecular weight is 523 g/mol. The monoisotopic (exact) mass is 522 g/mol. The highest BCUT2D eigenvalue weighted by Gasteiger charge is 2.27. The Balaban J connectivity index is 1.30. The molecule has 0 atom stereocenters. The molecule has 202 valence electrons. The van der Waals surface area contributed by atoms with Crippen molar-refractivity contribution in [1.82, 2.24) is 24.5 Å². The second kappa shape index (κ2) is 11.3. The van der Waals surface area contributed by atoms with Crippen LogP contribution in [0.25, 0.3) is 5.65 Å². The number of anilines is 3. The zero-order valence-electron chi connectivity index (χ0n) is 21.9. The van der Waals surface area contributed by atoms with Crippen LogP contribution in [0.15, 0.2) is 30.7 Å². The van der Waals surface area contributed by atoms with E-state index in [-0.39, 0.29) is 23.3 Å². The van der Waals surface area contributed by atoms with Gasteiger partial charge in [0.1, 0.15) is 5.82 Å². The minimum absolute atomic E-state index is 0.0433. The zero-order chi connectivity index (χ0) is 26.6. The number of hydrogen-bond donors (Lipinski definition) is 3. The summed E-state index contributed by atoms with van der Waals surface area (Å²) in [5.74, 6) is 0.164. The van der Waals surface area contributed by atoms with Crippen molar-refractivity contribution in [2.75, 3.05) is 29.0 Å². The molecule has 0 saturated heterocycles. The molecule has 38 heavy (non-hydrogen) atoms. The van der Waals surface area contributed by atoms with Gasteiger partial charge in [-0.2, -0.15) is 0 Å². The highest BCUT2D eigenvalue weighted by Crippen LogP contribution is 2.32. The van der Waals surface area contributed by atoms with Crippen LogP contribution in [-0.4, -0.2) is 61.5 Å². The van der Waals surface area contributed by atoms with Crippen molar-refractivity contribution in [2.24, 2.45) is 5.92 Å². The van der Waals surface area contributed by atoms with Crippen molar-refractivity contribution in [3.8, 4) is 0 Å². The predicted octanol–water partition coefficient (Wildman–Crippen LogP) is 4.32. The number of imidazole rings is 1. The minimum Gasteiger partial charge on any atom is -0.379 e. The fourth-order valence-corrected chi connectivity index (χ4v) is 5.08. The van der Waals surface area contributed by atoms with Gasteiger partial charge in [0.15, 0.2) is 17.2 Å². The number of halogens is 1. The van der Waals surface area contributed by atoms with Crippen LogP contribution < -0.4 is 16.0 Å². The number of hydrogen-bond acceptors (Lipinski definition) is 7.